The zero-order valence-corrected chi connectivity index (χ0v) is 9.73. The Hall–Kier alpha value is -0.630. The van der Waals surface area contributed by atoms with Gasteiger partial charge in [-0.25, -0.2) is 21.2 Å². The quantitative estimate of drug-likeness (QED) is 0.772. The first kappa shape index (κ1) is 17.4. The highest BCUT2D eigenvalue weighted by atomic mass is 32.3. The predicted molar refractivity (Wildman–Crippen MR) is 42.8 cm³/mol. The Morgan fingerprint density at radius 3 is 1.22 bits per heavy atom. The third-order valence-electron chi connectivity index (χ3n) is 1.36. The molecule has 0 aliphatic heterocycles. The van der Waals surface area contributed by atoms with Crippen molar-refractivity contribution in [1.29, 1.82) is 0 Å². The Kier molecular flexibility index (Phi) is 4.05. The van der Waals surface area contributed by atoms with Gasteiger partial charge in [-0.15, -0.1) is 4.13 Å². The van der Waals surface area contributed by atoms with Crippen molar-refractivity contribution in [3.05, 3.63) is 0 Å². The predicted octanol–water partition coefficient (Wildman–Crippen LogP) is 0.656. The van der Waals surface area contributed by atoms with Crippen molar-refractivity contribution < 1.29 is 47.6 Å². The number of halogens is 7. The molecule has 18 heavy (non-hydrogen) atoms. The minimum atomic E-state index is -6.95. The van der Waals surface area contributed by atoms with Crippen LogP contribution in [0.15, 0.2) is 0 Å². The van der Waals surface area contributed by atoms with Gasteiger partial charge >= 0.3 is 17.4 Å². The third-order valence-corrected chi connectivity index (χ3v) is 4.65. The van der Waals surface area contributed by atoms with Crippen LogP contribution in [0.5, 0.6) is 0 Å². The molecule has 0 saturated heterocycles. The lowest BCUT2D eigenvalue weighted by Crippen LogP contribution is -2.62. The van der Waals surface area contributed by atoms with E-state index in [-0.39, 0.29) is 10.4 Å². The summed E-state index contributed by atoms with van der Waals surface area (Å²) in [5.74, 6) is 0. The molecule has 0 aromatic heterocycles. The Bertz CT molecular complexity index is 501. The van der Waals surface area contributed by atoms with Gasteiger partial charge in [0.25, 0.3) is 10.0 Å². The topological polar surface area (TPSA) is 80.3 Å². The fourth-order valence-electron chi connectivity index (χ4n) is 0.722. The first-order valence-corrected chi connectivity index (χ1v) is 6.88. The number of sulfonamides is 2. The summed E-state index contributed by atoms with van der Waals surface area (Å²) < 4.78 is 127. The second kappa shape index (κ2) is 4.19. The monoisotopic (exact) mass is 327 g/mol. The van der Waals surface area contributed by atoms with Crippen molar-refractivity contribution in [2.24, 2.45) is 0 Å². The van der Waals surface area contributed by atoms with Gasteiger partial charge in [-0.3, -0.25) is 0 Å². The summed E-state index contributed by atoms with van der Waals surface area (Å²) in [5, 5.41) is -6.74. The normalized spacial score (nSPS) is 15.8. The van der Waals surface area contributed by atoms with E-state index >= 15 is 0 Å². The summed E-state index contributed by atoms with van der Waals surface area (Å²) in [4.78, 5) is 0. The van der Waals surface area contributed by atoms with E-state index in [1.165, 1.54) is 0 Å². The van der Waals surface area contributed by atoms with Crippen LogP contribution in [0, 0.1) is 0 Å². The molecule has 0 atom stereocenters. The van der Waals surface area contributed by atoms with Crippen molar-refractivity contribution in [3.8, 4) is 0 Å². The fourth-order valence-corrected chi connectivity index (χ4v) is 3.39. The van der Waals surface area contributed by atoms with Gasteiger partial charge in [-0.2, -0.15) is 26.3 Å². The SMILES string of the molecule is CS(=O)(=O)NS(=O)(=O)C(F)(C(F)(F)F)C(F)(F)F. The van der Waals surface area contributed by atoms with Crippen LogP contribution >= 0.6 is 0 Å². The number of hydrogen-bond donors (Lipinski definition) is 1. The summed E-state index contributed by atoms with van der Waals surface area (Å²) in [5.41, 5.74) is 0. The molecule has 110 valence electrons. The van der Waals surface area contributed by atoms with Crippen LogP contribution in [-0.2, 0) is 20.0 Å². The maximum absolute atomic E-state index is 12.9. The van der Waals surface area contributed by atoms with Gasteiger partial charge in [0.1, 0.15) is 0 Å². The number of nitrogens with one attached hydrogen (secondary N) is 1. The lowest BCUT2D eigenvalue weighted by Gasteiger charge is -2.28. The Morgan fingerprint density at radius 2 is 1.06 bits per heavy atom. The summed E-state index contributed by atoms with van der Waals surface area (Å²) in [6.07, 6.45) is -13.9. The number of rotatable bonds is 3. The molecule has 0 aromatic carbocycles. The third kappa shape index (κ3) is 3.03. The highest BCUT2D eigenvalue weighted by molar-refractivity contribution is 8.05. The van der Waals surface area contributed by atoms with Gasteiger partial charge in [0, 0.05) is 0 Å². The van der Waals surface area contributed by atoms with E-state index in [0.29, 0.717) is 0 Å². The van der Waals surface area contributed by atoms with Gasteiger partial charge in [0.05, 0.1) is 6.26 Å². The molecule has 0 aliphatic rings. The lowest BCUT2D eigenvalue weighted by molar-refractivity contribution is -0.306. The molecule has 0 spiro atoms. The first-order chi connectivity index (χ1) is 7.46. The van der Waals surface area contributed by atoms with Crippen molar-refractivity contribution >= 4 is 20.0 Å². The average Bonchev–Trinajstić information content (AvgIpc) is 1.92. The van der Waals surface area contributed by atoms with Gasteiger partial charge < -0.3 is 0 Å². The summed E-state index contributed by atoms with van der Waals surface area (Å²) in [6.45, 7) is 0. The Morgan fingerprint density at radius 1 is 0.778 bits per heavy atom. The molecule has 0 aromatic rings. The second-order valence-electron chi connectivity index (χ2n) is 2.95. The Labute approximate surface area is 96.1 Å². The van der Waals surface area contributed by atoms with Crippen LogP contribution in [0.2, 0.25) is 0 Å². The summed E-state index contributed by atoms with van der Waals surface area (Å²) >= 11 is 0. The van der Waals surface area contributed by atoms with Gasteiger partial charge in [-0.05, 0) is 0 Å². The molecule has 0 bridgehead atoms. The molecule has 0 saturated carbocycles. The van der Waals surface area contributed by atoms with Crippen LogP contribution in [0.3, 0.4) is 0 Å². The molecule has 1 N–H and O–H groups in total. The molecule has 0 radical (unpaired) electrons. The van der Waals surface area contributed by atoms with Crippen LogP contribution in [0.1, 0.15) is 0 Å². The Balaban J connectivity index is 6.12. The number of hydrogen-bond acceptors (Lipinski definition) is 4. The van der Waals surface area contributed by atoms with E-state index in [1.54, 1.807) is 0 Å². The molecule has 0 fully saturated rings. The highest BCUT2D eigenvalue weighted by Crippen LogP contribution is 2.49. The molecule has 0 rings (SSSR count). The molecular weight excluding hydrogens is 323 g/mol. The first-order valence-electron chi connectivity index (χ1n) is 3.51. The fraction of sp³-hybridized carbons (Fsp3) is 1.00. The van der Waals surface area contributed by atoms with E-state index in [9.17, 15) is 47.6 Å². The van der Waals surface area contributed by atoms with E-state index in [4.69, 9.17) is 0 Å². The van der Waals surface area contributed by atoms with E-state index < -0.39 is 37.4 Å². The minimum absolute atomic E-state index is 0.0214. The molecule has 0 amide bonds. The van der Waals surface area contributed by atoms with Crippen molar-refractivity contribution in [3.63, 3.8) is 0 Å². The summed E-state index contributed by atoms with van der Waals surface area (Å²) in [7, 11) is -12.0. The average molecular weight is 327 g/mol. The molecule has 0 heterocycles. The smallest absolute Gasteiger partial charge is 0.212 e. The largest absolute Gasteiger partial charge is 0.448 e. The molecular formula is C4H4F7NO4S2. The molecule has 0 aliphatic carbocycles. The zero-order valence-electron chi connectivity index (χ0n) is 8.10. The molecule has 0 unspecified atom stereocenters. The van der Waals surface area contributed by atoms with E-state index in [1.807, 2.05) is 0 Å². The van der Waals surface area contributed by atoms with Crippen LogP contribution < -0.4 is 4.13 Å². The maximum Gasteiger partial charge on any atom is 0.448 e. The lowest BCUT2D eigenvalue weighted by atomic mass is 10.3. The minimum Gasteiger partial charge on any atom is -0.212 e. The second-order valence-corrected chi connectivity index (χ2v) is 6.73. The number of alkyl halides is 7. The van der Waals surface area contributed by atoms with Gasteiger partial charge in [0.2, 0.25) is 10.0 Å². The van der Waals surface area contributed by atoms with Crippen LogP contribution in [0.4, 0.5) is 30.7 Å². The highest BCUT2D eigenvalue weighted by Gasteiger charge is 2.81. The molecule has 14 heteroatoms. The van der Waals surface area contributed by atoms with Gasteiger partial charge in [-0.1, -0.05) is 0 Å². The summed E-state index contributed by atoms with van der Waals surface area (Å²) in [6, 6.07) is 0. The standard InChI is InChI=1S/C4H4F7NO4S2/c1-17(13,14)12-18(15,16)2(5,3(6,7)8)4(9,10)11/h12H,1H3. The van der Waals surface area contributed by atoms with E-state index in [2.05, 4.69) is 0 Å². The van der Waals surface area contributed by atoms with Crippen molar-refractivity contribution in [2.45, 2.75) is 17.4 Å². The van der Waals surface area contributed by atoms with Crippen molar-refractivity contribution in [1.82, 2.24) is 4.13 Å². The van der Waals surface area contributed by atoms with Crippen molar-refractivity contribution in [2.75, 3.05) is 6.26 Å². The zero-order chi connectivity index (χ0) is 15.2. The molecule has 5 nitrogen and oxygen atoms in total. The van der Waals surface area contributed by atoms with Gasteiger partial charge in [0.15, 0.2) is 0 Å². The van der Waals surface area contributed by atoms with Crippen LogP contribution in [0.25, 0.3) is 0 Å². The maximum atomic E-state index is 12.9. The van der Waals surface area contributed by atoms with Crippen LogP contribution in [-0.4, -0.2) is 40.4 Å². The van der Waals surface area contributed by atoms with E-state index in [0.717, 1.165) is 0 Å².